The highest BCUT2D eigenvalue weighted by Gasteiger charge is 2.46. The lowest BCUT2D eigenvalue weighted by Gasteiger charge is -2.42. The van der Waals surface area contributed by atoms with Gasteiger partial charge in [0.1, 0.15) is 0 Å². The molecule has 4 nitrogen and oxygen atoms in total. The first-order valence-electron chi connectivity index (χ1n) is 10.5. The van der Waals surface area contributed by atoms with Crippen LogP contribution >= 0.6 is 0 Å². The van der Waals surface area contributed by atoms with E-state index >= 15 is 0 Å². The molecule has 0 spiro atoms. The lowest BCUT2D eigenvalue weighted by atomic mass is 9.81. The van der Waals surface area contributed by atoms with Gasteiger partial charge >= 0.3 is 0 Å². The first-order chi connectivity index (χ1) is 11.8. The lowest BCUT2D eigenvalue weighted by molar-refractivity contribution is -0.140. The molecule has 0 unspecified atom stereocenters. The number of hydrogen-bond donors (Lipinski definition) is 0. The summed E-state index contributed by atoms with van der Waals surface area (Å²) >= 11 is 0. The Kier molecular flexibility index (Phi) is 5.79. The summed E-state index contributed by atoms with van der Waals surface area (Å²) in [6.07, 6.45) is 5.47. The van der Waals surface area contributed by atoms with E-state index in [4.69, 9.17) is 0 Å². The summed E-state index contributed by atoms with van der Waals surface area (Å²) in [7, 11) is 0. The van der Waals surface area contributed by atoms with E-state index in [0.29, 0.717) is 11.9 Å². The van der Waals surface area contributed by atoms with Crippen molar-refractivity contribution >= 4 is 5.91 Å². The van der Waals surface area contributed by atoms with Crippen LogP contribution in [-0.4, -0.2) is 72.0 Å². The molecule has 0 radical (unpaired) electrons. The zero-order chi connectivity index (χ0) is 18.2. The van der Waals surface area contributed by atoms with E-state index in [1.807, 2.05) is 0 Å². The van der Waals surface area contributed by atoms with Crippen molar-refractivity contribution in [1.82, 2.24) is 14.7 Å². The molecule has 1 atom stereocenters. The molecule has 144 valence electrons. The maximum Gasteiger partial charge on any atom is 0.227 e. The Morgan fingerprint density at radius 3 is 2.12 bits per heavy atom. The smallest absolute Gasteiger partial charge is 0.227 e. The Bertz CT molecular complexity index is 460. The van der Waals surface area contributed by atoms with E-state index in [-0.39, 0.29) is 11.3 Å². The van der Waals surface area contributed by atoms with Gasteiger partial charge in [0.05, 0.1) is 5.92 Å². The Morgan fingerprint density at radius 1 is 1.00 bits per heavy atom. The number of carbonyl (C=O) groups is 1. The van der Waals surface area contributed by atoms with E-state index in [0.717, 1.165) is 51.2 Å². The predicted octanol–water partition coefficient (Wildman–Crippen LogP) is 3.08. The molecule has 2 saturated heterocycles. The Hall–Kier alpha value is -0.610. The van der Waals surface area contributed by atoms with Crippen LogP contribution in [0.3, 0.4) is 0 Å². The third-order valence-corrected chi connectivity index (χ3v) is 7.13. The van der Waals surface area contributed by atoms with Crippen molar-refractivity contribution in [2.24, 2.45) is 17.3 Å². The molecule has 0 aromatic heterocycles. The van der Waals surface area contributed by atoms with Gasteiger partial charge in [0, 0.05) is 51.4 Å². The molecule has 4 heteroatoms. The number of likely N-dealkylation sites (tertiary alicyclic amines) is 1. The van der Waals surface area contributed by atoms with Crippen LogP contribution in [0.5, 0.6) is 0 Å². The third kappa shape index (κ3) is 4.21. The summed E-state index contributed by atoms with van der Waals surface area (Å²) in [6.45, 7) is 17.4. The second-order valence-corrected chi connectivity index (χ2v) is 9.84. The van der Waals surface area contributed by atoms with Crippen LogP contribution in [0.25, 0.3) is 0 Å². The molecule has 0 bridgehead atoms. The van der Waals surface area contributed by atoms with Gasteiger partial charge in [-0.2, -0.15) is 0 Å². The van der Waals surface area contributed by atoms with Gasteiger partial charge in [0.2, 0.25) is 5.91 Å². The summed E-state index contributed by atoms with van der Waals surface area (Å²) < 4.78 is 0. The molecule has 25 heavy (non-hydrogen) atoms. The fourth-order valence-electron chi connectivity index (χ4n) is 5.12. The zero-order valence-corrected chi connectivity index (χ0v) is 17.1. The predicted molar refractivity (Wildman–Crippen MR) is 104 cm³/mol. The fourth-order valence-corrected chi connectivity index (χ4v) is 5.12. The van der Waals surface area contributed by atoms with E-state index in [1.165, 1.54) is 25.7 Å². The lowest BCUT2D eigenvalue weighted by Crippen LogP contribution is -2.54. The maximum atomic E-state index is 13.2. The molecule has 3 fully saturated rings. The van der Waals surface area contributed by atoms with Gasteiger partial charge < -0.3 is 4.90 Å². The Labute approximate surface area is 154 Å². The summed E-state index contributed by atoms with van der Waals surface area (Å²) in [5, 5.41) is 0. The van der Waals surface area contributed by atoms with Crippen molar-refractivity contribution in [1.29, 1.82) is 0 Å². The fraction of sp³-hybridized carbons (Fsp3) is 0.952. The minimum absolute atomic E-state index is 0.0952. The summed E-state index contributed by atoms with van der Waals surface area (Å²) in [4.78, 5) is 20.5. The molecule has 0 aromatic rings. The molecule has 1 amide bonds. The molecule has 2 heterocycles. The summed E-state index contributed by atoms with van der Waals surface area (Å²) in [6, 6.07) is 1.30. The highest BCUT2D eigenvalue weighted by atomic mass is 16.2. The van der Waals surface area contributed by atoms with E-state index in [9.17, 15) is 4.79 Å². The molecule has 0 N–H and O–H groups in total. The van der Waals surface area contributed by atoms with Gasteiger partial charge in [-0.3, -0.25) is 14.6 Å². The molecule has 0 aromatic carbocycles. The number of amides is 1. The van der Waals surface area contributed by atoms with Gasteiger partial charge in [-0.25, -0.2) is 0 Å². The van der Waals surface area contributed by atoms with E-state index in [2.05, 4.69) is 49.3 Å². The normalized spacial score (nSPS) is 34.6. The minimum Gasteiger partial charge on any atom is -0.340 e. The molecule has 1 aliphatic carbocycles. The number of nitrogens with zero attached hydrogens (tertiary/aromatic N) is 3. The average Bonchev–Trinajstić information content (AvgIpc) is 2.91. The van der Waals surface area contributed by atoms with Crippen LogP contribution in [0.1, 0.15) is 60.3 Å². The second kappa shape index (κ2) is 7.56. The molecule has 3 rings (SSSR count). The molecular formula is C21H39N3O. The minimum atomic E-state index is 0.0952. The standard InChI is InChI=1S/C21H39N3O/c1-16(2)24-14-19(21(4,5)15-24)20(25)23-12-10-22(11-13-23)18-8-6-17(3)7-9-18/h16-19H,6-15H2,1-5H3/t17?,18?,19-/m0/s1. The van der Waals surface area contributed by atoms with Crippen LogP contribution in [0.4, 0.5) is 0 Å². The van der Waals surface area contributed by atoms with Crippen LogP contribution < -0.4 is 0 Å². The van der Waals surface area contributed by atoms with Gasteiger partial charge in [-0.1, -0.05) is 20.8 Å². The van der Waals surface area contributed by atoms with Crippen molar-refractivity contribution in [2.45, 2.75) is 72.4 Å². The van der Waals surface area contributed by atoms with Crippen molar-refractivity contribution < 1.29 is 4.79 Å². The van der Waals surface area contributed by atoms with Gasteiger partial charge in [0.15, 0.2) is 0 Å². The quantitative estimate of drug-likeness (QED) is 0.783. The zero-order valence-electron chi connectivity index (χ0n) is 17.1. The van der Waals surface area contributed by atoms with E-state index in [1.54, 1.807) is 0 Å². The number of hydrogen-bond acceptors (Lipinski definition) is 3. The molecule has 3 aliphatic rings. The number of carbonyl (C=O) groups excluding carboxylic acids is 1. The first-order valence-corrected chi connectivity index (χ1v) is 10.5. The Morgan fingerprint density at radius 2 is 1.60 bits per heavy atom. The largest absolute Gasteiger partial charge is 0.340 e. The van der Waals surface area contributed by atoms with Crippen molar-refractivity contribution in [2.75, 3.05) is 39.3 Å². The van der Waals surface area contributed by atoms with Crippen molar-refractivity contribution in [3.8, 4) is 0 Å². The molecule has 1 saturated carbocycles. The van der Waals surface area contributed by atoms with E-state index < -0.39 is 0 Å². The third-order valence-electron chi connectivity index (χ3n) is 7.13. The highest BCUT2D eigenvalue weighted by molar-refractivity contribution is 5.80. The first kappa shape index (κ1) is 19.2. The van der Waals surface area contributed by atoms with Gasteiger partial charge in [-0.05, 0) is 50.9 Å². The SMILES string of the molecule is CC1CCC(N2CCN(C(=O)[C@@H]3CN(C(C)C)CC3(C)C)CC2)CC1. The van der Waals surface area contributed by atoms with Crippen molar-refractivity contribution in [3.63, 3.8) is 0 Å². The maximum absolute atomic E-state index is 13.2. The van der Waals surface area contributed by atoms with Gasteiger partial charge in [0.25, 0.3) is 0 Å². The van der Waals surface area contributed by atoms with Crippen LogP contribution in [0.2, 0.25) is 0 Å². The summed E-state index contributed by atoms with van der Waals surface area (Å²) in [5.74, 6) is 1.48. The summed E-state index contributed by atoms with van der Waals surface area (Å²) in [5.41, 5.74) is 0.0952. The topological polar surface area (TPSA) is 26.8 Å². The monoisotopic (exact) mass is 349 g/mol. The van der Waals surface area contributed by atoms with Crippen molar-refractivity contribution in [3.05, 3.63) is 0 Å². The van der Waals surface area contributed by atoms with Gasteiger partial charge in [-0.15, -0.1) is 0 Å². The number of piperazine rings is 1. The average molecular weight is 350 g/mol. The van der Waals surface area contributed by atoms with Crippen LogP contribution in [0.15, 0.2) is 0 Å². The number of rotatable bonds is 3. The molecule has 2 aliphatic heterocycles. The highest BCUT2D eigenvalue weighted by Crippen LogP contribution is 2.37. The molecular weight excluding hydrogens is 310 g/mol. The van der Waals surface area contributed by atoms with Crippen LogP contribution in [-0.2, 0) is 4.79 Å². The Balaban J connectivity index is 1.53. The second-order valence-electron chi connectivity index (χ2n) is 9.84. The van der Waals surface area contributed by atoms with Crippen LogP contribution in [0, 0.1) is 17.3 Å².